The summed E-state index contributed by atoms with van der Waals surface area (Å²) in [6, 6.07) is 3.59. The van der Waals surface area contributed by atoms with Gasteiger partial charge in [-0.15, -0.1) is 0 Å². The minimum Gasteiger partial charge on any atom is -0.351 e. The quantitative estimate of drug-likeness (QED) is 0.406. The highest BCUT2D eigenvalue weighted by atomic mass is 79.9. The number of fused-ring (bicyclic) bond motifs is 1. The molecule has 162 valence electrons. The molecule has 1 N–H and O–H groups in total. The van der Waals surface area contributed by atoms with Crippen molar-refractivity contribution in [2.24, 2.45) is 0 Å². The Morgan fingerprint density at radius 2 is 1.97 bits per heavy atom. The van der Waals surface area contributed by atoms with Crippen LogP contribution >= 0.6 is 15.9 Å². The number of hydrogen-bond acceptors (Lipinski definition) is 5. The number of carbonyl (C=O) groups excluding carboxylic acids is 1. The number of carbonyl (C=O) groups is 1. The summed E-state index contributed by atoms with van der Waals surface area (Å²) in [7, 11) is 0. The van der Waals surface area contributed by atoms with Gasteiger partial charge in [0, 0.05) is 48.8 Å². The molecular weight excluding hydrogens is 460 g/mol. The molecule has 0 aliphatic heterocycles. The second kappa shape index (κ2) is 8.62. The van der Waals surface area contributed by atoms with E-state index in [9.17, 15) is 4.79 Å². The largest absolute Gasteiger partial charge is 0.351 e. The van der Waals surface area contributed by atoms with Crippen molar-refractivity contribution in [3.63, 3.8) is 0 Å². The molecule has 10 heteroatoms. The van der Waals surface area contributed by atoms with Gasteiger partial charge in [0.25, 0.3) is 5.91 Å². The molecule has 0 aliphatic rings. The van der Waals surface area contributed by atoms with E-state index in [4.69, 9.17) is 0 Å². The zero-order valence-electron chi connectivity index (χ0n) is 18.1. The van der Waals surface area contributed by atoms with Gasteiger partial charge in [-0.1, -0.05) is 0 Å². The smallest absolute Gasteiger partial charge is 0.271 e. The summed E-state index contributed by atoms with van der Waals surface area (Å²) in [6.45, 7) is 10.1. The van der Waals surface area contributed by atoms with E-state index in [2.05, 4.69) is 48.5 Å². The monoisotopic (exact) mass is 484 g/mol. The van der Waals surface area contributed by atoms with Gasteiger partial charge in [0.05, 0.1) is 22.1 Å². The first kappa shape index (κ1) is 21.2. The van der Waals surface area contributed by atoms with Crippen LogP contribution in [0.25, 0.3) is 16.9 Å². The minimum absolute atomic E-state index is 0.216. The van der Waals surface area contributed by atoms with Crippen LogP contribution in [-0.4, -0.2) is 46.6 Å². The van der Waals surface area contributed by atoms with Crippen molar-refractivity contribution in [3.05, 3.63) is 51.8 Å². The highest BCUT2D eigenvalue weighted by Gasteiger charge is 2.16. The highest BCUT2D eigenvalue weighted by molar-refractivity contribution is 9.10. The molecule has 9 nitrogen and oxygen atoms in total. The van der Waals surface area contributed by atoms with Crippen molar-refractivity contribution in [1.82, 2.24) is 39.5 Å². The third-order valence-corrected chi connectivity index (χ3v) is 6.54. The summed E-state index contributed by atoms with van der Waals surface area (Å²) in [6.07, 6.45) is 4.32. The van der Waals surface area contributed by atoms with Crippen molar-refractivity contribution in [1.29, 1.82) is 0 Å². The molecule has 0 aromatic carbocycles. The van der Waals surface area contributed by atoms with Crippen molar-refractivity contribution >= 4 is 27.5 Å². The SMILES string of the molecule is CCn1ncc(-c2ccnc3cc(C(=O)NCCCn4nc(C)c(Br)c4C)nn23)c1C. The standard InChI is InChI=1S/C21H25BrN8O/c1-5-28-14(3)16(12-25-28)18-7-9-23-19-11-17(27-30(18)19)21(31)24-8-6-10-29-15(4)20(22)13(2)26-29/h7,9,11-12H,5-6,8,10H2,1-4H3,(H,24,31). The lowest BCUT2D eigenvalue weighted by atomic mass is 10.2. The Balaban J connectivity index is 1.46. The minimum atomic E-state index is -0.216. The lowest BCUT2D eigenvalue weighted by Crippen LogP contribution is -2.26. The van der Waals surface area contributed by atoms with Crippen LogP contribution < -0.4 is 5.32 Å². The number of aryl methyl sites for hydroxylation is 3. The van der Waals surface area contributed by atoms with Gasteiger partial charge in [-0.3, -0.25) is 14.2 Å². The first-order valence-electron chi connectivity index (χ1n) is 10.3. The van der Waals surface area contributed by atoms with Crippen LogP contribution in [0.4, 0.5) is 0 Å². The maximum absolute atomic E-state index is 12.7. The number of nitrogens with zero attached hydrogens (tertiary/aromatic N) is 7. The third kappa shape index (κ3) is 3.99. The van der Waals surface area contributed by atoms with E-state index < -0.39 is 0 Å². The molecule has 4 aromatic rings. The molecule has 4 rings (SSSR count). The Labute approximate surface area is 188 Å². The van der Waals surface area contributed by atoms with Gasteiger partial charge in [0.2, 0.25) is 0 Å². The number of nitrogens with one attached hydrogen (secondary N) is 1. The fraction of sp³-hybridized carbons (Fsp3) is 0.381. The number of halogens is 1. The zero-order chi connectivity index (χ0) is 22.1. The van der Waals surface area contributed by atoms with E-state index in [0.717, 1.165) is 52.3 Å². The van der Waals surface area contributed by atoms with Crippen LogP contribution in [0.1, 0.15) is 40.9 Å². The van der Waals surface area contributed by atoms with E-state index >= 15 is 0 Å². The fourth-order valence-corrected chi connectivity index (χ4v) is 3.93. The van der Waals surface area contributed by atoms with Gasteiger partial charge in [-0.05, 0) is 56.1 Å². The van der Waals surface area contributed by atoms with Gasteiger partial charge in [0.15, 0.2) is 11.3 Å². The van der Waals surface area contributed by atoms with Gasteiger partial charge in [-0.25, -0.2) is 9.50 Å². The maximum Gasteiger partial charge on any atom is 0.271 e. The van der Waals surface area contributed by atoms with Crippen LogP contribution in [0.15, 0.2) is 29.0 Å². The predicted octanol–water partition coefficient (Wildman–Crippen LogP) is 3.32. The second-order valence-corrected chi connectivity index (χ2v) is 8.20. The molecular formula is C21H25BrN8O. The molecule has 0 saturated carbocycles. The lowest BCUT2D eigenvalue weighted by Gasteiger charge is -2.06. The van der Waals surface area contributed by atoms with Crippen molar-refractivity contribution in [2.45, 2.75) is 47.2 Å². The van der Waals surface area contributed by atoms with Crippen LogP contribution in [0.3, 0.4) is 0 Å². The summed E-state index contributed by atoms with van der Waals surface area (Å²) in [5.41, 5.74) is 5.90. The Kier molecular flexibility index (Phi) is 5.90. The summed E-state index contributed by atoms with van der Waals surface area (Å²) in [4.78, 5) is 17.0. The van der Waals surface area contributed by atoms with Crippen molar-refractivity contribution < 1.29 is 4.79 Å². The molecule has 1 amide bonds. The molecule has 4 aromatic heterocycles. The second-order valence-electron chi connectivity index (χ2n) is 7.41. The third-order valence-electron chi connectivity index (χ3n) is 5.39. The molecule has 0 spiro atoms. The first-order chi connectivity index (χ1) is 14.9. The fourth-order valence-electron chi connectivity index (χ4n) is 3.64. The first-order valence-corrected chi connectivity index (χ1v) is 11.0. The summed E-state index contributed by atoms with van der Waals surface area (Å²) >= 11 is 3.54. The maximum atomic E-state index is 12.7. The molecule has 0 radical (unpaired) electrons. The normalized spacial score (nSPS) is 11.4. The van der Waals surface area contributed by atoms with Crippen LogP contribution in [-0.2, 0) is 13.1 Å². The molecule has 0 saturated heterocycles. The zero-order valence-corrected chi connectivity index (χ0v) is 19.6. The van der Waals surface area contributed by atoms with E-state index in [-0.39, 0.29) is 5.91 Å². The van der Waals surface area contributed by atoms with Gasteiger partial charge in [-0.2, -0.15) is 15.3 Å². The highest BCUT2D eigenvalue weighted by Crippen LogP contribution is 2.23. The molecule has 4 heterocycles. The average Bonchev–Trinajstić information content (AvgIpc) is 3.43. The Morgan fingerprint density at radius 3 is 2.65 bits per heavy atom. The number of rotatable bonds is 7. The molecule has 31 heavy (non-hydrogen) atoms. The van der Waals surface area contributed by atoms with Crippen molar-refractivity contribution in [2.75, 3.05) is 6.54 Å². The van der Waals surface area contributed by atoms with Crippen LogP contribution in [0, 0.1) is 20.8 Å². The molecule has 0 aliphatic carbocycles. The van der Waals surface area contributed by atoms with E-state index in [0.29, 0.717) is 17.9 Å². The summed E-state index contributed by atoms with van der Waals surface area (Å²) in [5, 5.41) is 16.4. The lowest BCUT2D eigenvalue weighted by molar-refractivity contribution is 0.0947. The Bertz CT molecular complexity index is 1250. The summed E-state index contributed by atoms with van der Waals surface area (Å²) < 4.78 is 6.61. The Hall–Kier alpha value is -3.01. The Morgan fingerprint density at radius 1 is 1.16 bits per heavy atom. The van der Waals surface area contributed by atoms with E-state index in [1.165, 1.54) is 0 Å². The van der Waals surface area contributed by atoms with Gasteiger partial charge in [0.1, 0.15) is 0 Å². The number of hydrogen-bond donors (Lipinski definition) is 1. The average molecular weight is 485 g/mol. The molecule has 0 bridgehead atoms. The van der Waals surface area contributed by atoms with E-state index in [1.807, 2.05) is 42.4 Å². The van der Waals surface area contributed by atoms with Crippen molar-refractivity contribution in [3.8, 4) is 11.3 Å². The van der Waals surface area contributed by atoms with Gasteiger partial charge >= 0.3 is 0 Å². The topological polar surface area (TPSA) is 94.9 Å². The van der Waals surface area contributed by atoms with Crippen LogP contribution in [0.5, 0.6) is 0 Å². The van der Waals surface area contributed by atoms with Gasteiger partial charge < -0.3 is 5.32 Å². The number of aromatic nitrogens is 7. The number of amides is 1. The van der Waals surface area contributed by atoms with E-state index in [1.54, 1.807) is 16.8 Å². The van der Waals surface area contributed by atoms with Crippen LogP contribution in [0.2, 0.25) is 0 Å². The summed E-state index contributed by atoms with van der Waals surface area (Å²) in [5.74, 6) is -0.216. The molecule has 0 unspecified atom stereocenters. The molecule has 0 fully saturated rings. The predicted molar refractivity (Wildman–Crippen MR) is 121 cm³/mol. The molecule has 0 atom stereocenters.